The first-order chi connectivity index (χ1) is 18.4. The summed E-state index contributed by atoms with van der Waals surface area (Å²) in [6, 6.07) is 18.1. The summed E-state index contributed by atoms with van der Waals surface area (Å²) in [7, 11) is -2.07. The molecular formula is C28H31N5O4S. The van der Waals surface area contributed by atoms with E-state index in [0.717, 1.165) is 24.9 Å². The number of benzene rings is 2. The van der Waals surface area contributed by atoms with E-state index >= 15 is 0 Å². The highest BCUT2D eigenvalue weighted by Crippen LogP contribution is 2.29. The predicted octanol–water partition coefficient (Wildman–Crippen LogP) is 3.77. The molecule has 1 amide bonds. The van der Waals surface area contributed by atoms with Gasteiger partial charge in [0, 0.05) is 50.7 Å². The van der Waals surface area contributed by atoms with Gasteiger partial charge in [-0.1, -0.05) is 36.8 Å². The van der Waals surface area contributed by atoms with Crippen LogP contribution in [0.2, 0.25) is 0 Å². The second kappa shape index (κ2) is 12.6. The molecule has 2 aromatic carbocycles. The summed E-state index contributed by atoms with van der Waals surface area (Å²) in [5.41, 5.74) is 2.26. The number of hydrogen-bond acceptors (Lipinski definition) is 6. The molecule has 1 N–H and O–H groups in total. The average molecular weight is 534 g/mol. The van der Waals surface area contributed by atoms with Crippen molar-refractivity contribution in [1.29, 1.82) is 5.26 Å². The Kier molecular flexibility index (Phi) is 9.07. The minimum absolute atomic E-state index is 0.0756. The molecule has 1 aliphatic rings. The Morgan fingerprint density at radius 3 is 2.61 bits per heavy atom. The molecule has 1 aliphatic heterocycles. The lowest BCUT2D eigenvalue weighted by Crippen LogP contribution is -2.35. The van der Waals surface area contributed by atoms with Crippen LogP contribution in [0.15, 0.2) is 71.3 Å². The van der Waals surface area contributed by atoms with E-state index in [1.165, 1.54) is 10.4 Å². The van der Waals surface area contributed by atoms with E-state index in [1.807, 2.05) is 36.4 Å². The number of nitrogens with one attached hydrogen (secondary N) is 1. The van der Waals surface area contributed by atoms with Gasteiger partial charge in [0.05, 0.1) is 10.6 Å². The van der Waals surface area contributed by atoms with Crippen molar-refractivity contribution in [3.05, 3.63) is 71.9 Å². The Labute approximate surface area is 223 Å². The van der Waals surface area contributed by atoms with Gasteiger partial charge in [0.1, 0.15) is 17.3 Å². The molecule has 3 aromatic rings. The summed E-state index contributed by atoms with van der Waals surface area (Å²) in [6.07, 6.45) is 6.56. The number of para-hydroxylation sites is 1. The molecule has 38 heavy (non-hydrogen) atoms. The zero-order chi connectivity index (χ0) is 27.0. The molecule has 0 bridgehead atoms. The molecule has 0 aliphatic carbocycles. The van der Waals surface area contributed by atoms with Gasteiger partial charge in [-0.3, -0.25) is 4.79 Å². The van der Waals surface area contributed by atoms with Crippen LogP contribution in [-0.2, 0) is 19.6 Å². The maximum absolute atomic E-state index is 13.3. The number of ether oxygens (including phenoxy) is 1. The van der Waals surface area contributed by atoms with Crippen molar-refractivity contribution in [1.82, 2.24) is 19.4 Å². The summed E-state index contributed by atoms with van der Waals surface area (Å²) in [5.74, 6) is -0.497. The number of sulfonamides is 1. The highest BCUT2D eigenvalue weighted by atomic mass is 32.2. The monoisotopic (exact) mass is 533 g/mol. The number of piperidine rings is 1. The Morgan fingerprint density at radius 2 is 1.89 bits per heavy atom. The van der Waals surface area contributed by atoms with Crippen LogP contribution in [0, 0.1) is 11.3 Å². The van der Waals surface area contributed by atoms with Gasteiger partial charge in [0.25, 0.3) is 5.91 Å². The number of aromatic nitrogens is 2. The number of nitriles is 1. The van der Waals surface area contributed by atoms with Crippen molar-refractivity contribution in [2.75, 3.05) is 33.4 Å². The van der Waals surface area contributed by atoms with Crippen LogP contribution in [0.5, 0.6) is 0 Å². The van der Waals surface area contributed by atoms with Crippen molar-refractivity contribution >= 4 is 22.0 Å². The van der Waals surface area contributed by atoms with Gasteiger partial charge in [-0.25, -0.2) is 13.1 Å². The molecule has 1 saturated heterocycles. The summed E-state index contributed by atoms with van der Waals surface area (Å²) in [6.45, 7) is 1.89. The Bertz CT molecular complexity index is 1440. The van der Waals surface area contributed by atoms with Gasteiger partial charge in [0.15, 0.2) is 0 Å². The van der Waals surface area contributed by atoms with Gasteiger partial charge >= 0.3 is 0 Å². The number of hydrogen-bond donors (Lipinski definition) is 1. The standard InChI is InChI=1S/C28H31N5O4S/c1-37-17-9-14-30-28(34)23(20-29)18-24-21-33(25-11-4-2-5-12-25)31-27(24)22-10-8-13-26(19-22)38(35,36)32-15-6-3-7-16-32/h2,4-5,8,10-13,18-19,21H,3,6-7,9,14-17H2,1H3,(H,30,34)/b23-18+. The molecule has 0 spiro atoms. The lowest BCUT2D eigenvalue weighted by Gasteiger charge is -2.26. The fourth-order valence-corrected chi connectivity index (χ4v) is 5.87. The topological polar surface area (TPSA) is 117 Å². The van der Waals surface area contributed by atoms with Gasteiger partial charge in [0.2, 0.25) is 10.0 Å². The van der Waals surface area contributed by atoms with Crippen molar-refractivity contribution < 1.29 is 17.9 Å². The normalized spacial score (nSPS) is 14.7. The van der Waals surface area contributed by atoms with Crippen molar-refractivity contribution in [3.63, 3.8) is 0 Å². The van der Waals surface area contributed by atoms with E-state index in [9.17, 15) is 18.5 Å². The van der Waals surface area contributed by atoms with E-state index in [1.54, 1.807) is 42.3 Å². The number of methoxy groups -OCH3 is 1. The van der Waals surface area contributed by atoms with Gasteiger partial charge < -0.3 is 10.1 Å². The van der Waals surface area contributed by atoms with Gasteiger partial charge in [-0.2, -0.15) is 14.7 Å². The second-order valence-corrected chi connectivity index (χ2v) is 10.9. The van der Waals surface area contributed by atoms with E-state index in [2.05, 4.69) is 5.32 Å². The summed E-state index contributed by atoms with van der Waals surface area (Å²) < 4.78 is 34.8. The molecule has 4 rings (SSSR count). The molecule has 0 atom stereocenters. The van der Waals surface area contributed by atoms with Crippen LogP contribution in [0.1, 0.15) is 31.2 Å². The number of amides is 1. The highest BCUT2D eigenvalue weighted by molar-refractivity contribution is 7.89. The van der Waals surface area contributed by atoms with E-state index in [0.29, 0.717) is 49.5 Å². The number of carbonyl (C=O) groups is 1. The minimum Gasteiger partial charge on any atom is -0.385 e. The molecular weight excluding hydrogens is 502 g/mol. The molecule has 2 heterocycles. The van der Waals surface area contributed by atoms with Gasteiger partial charge in [-0.05, 0) is 49.6 Å². The average Bonchev–Trinajstić information content (AvgIpc) is 3.39. The van der Waals surface area contributed by atoms with Crippen LogP contribution >= 0.6 is 0 Å². The SMILES string of the molecule is COCCCNC(=O)/C(C#N)=C/c1cn(-c2ccccc2)nc1-c1cccc(S(=O)(=O)N2CCCCC2)c1. The lowest BCUT2D eigenvalue weighted by atomic mass is 10.1. The molecule has 198 valence electrons. The maximum atomic E-state index is 13.3. The minimum atomic E-state index is -3.65. The Balaban J connectivity index is 1.74. The smallest absolute Gasteiger partial charge is 0.261 e. The third kappa shape index (κ3) is 6.37. The van der Waals surface area contributed by atoms with Crippen molar-refractivity contribution in [2.24, 2.45) is 0 Å². The fourth-order valence-electron chi connectivity index (χ4n) is 4.31. The summed E-state index contributed by atoms with van der Waals surface area (Å²) >= 11 is 0. The Hall–Kier alpha value is -3.78. The number of carbonyl (C=O) groups excluding carboxylic acids is 1. The molecule has 9 nitrogen and oxygen atoms in total. The van der Waals surface area contributed by atoms with E-state index in [4.69, 9.17) is 9.84 Å². The zero-order valence-corrected chi connectivity index (χ0v) is 22.2. The number of rotatable bonds is 10. The lowest BCUT2D eigenvalue weighted by molar-refractivity contribution is -0.117. The van der Waals surface area contributed by atoms with Crippen LogP contribution in [0.4, 0.5) is 0 Å². The van der Waals surface area contributed by atoms with Crippen molar-refractivity contribution in [2.45, 2.75) is 30.6 Å². The summed E-state index contributed by atoms with van der Waals surface area (Å²) in [4.78, 5) is 12.9. The molecule has 1 fully saturated rings. The van der Waals surface area contributed by atoms with Crippen molar-refractivity contribution in [3.8, 4) is 23.0 Å². The number of nitrogens with zero attached hydrogens (tertiary/aromatic N) is 4. The summed E-state index contributed by atoms with van der Waals surface area (Å²) in [5, 5.41) is 17.2. The fraction of sp³-hybridized carbons (Fsp3) is 0.321. The molecule has 10 heteroatoms. The van der Waals surface area contributed by atoms with Crippen LogP contribution in [-0.4, -0.2) is 61.8 Å². The predicted molar refractivity (Wildman–Crippen MR) is 145 cm³/mol. The Morgan fingerprint density at radius 1 is 1.13 bits per heavy atom. The zero-order valence-electron chi connectivity index (χ0n) is 21.3. The molecule has 1 aromatic heterocycles. The third-order valence-electron chi connectivity index (χ3n) is 6.30. The first kappa shape index (κ1) is 27.3. The highest BCUT2D eigenvalue weighted by Gasteiger charge is 2.26. The first-order valence-electron chi connectivity index (χ1n) is 12.6. The first-order valence-corrected chi connectivity index (χ1v) is 14.0. The quantitative estimate of drug-likeness (QED) is 0.241. The molecule has 0 radical (unpaired) electrons. The van der Waals surface area contributed by atoms with E-state index in [-0.39, 0.29) is 10.5 Å². The van der Waals surface area contributed by atoms with E-state index < -0.39 is 15.9 Å². The largest absolute Gasteiger partial charge is 0.385 e. The third-order valence-corrected chi connectivity index (χ3v) is 8.19. The second-order valence-electron chi connectivity index (χ2n) is 8.98. The molecule has 0 unspecified atom stereocenters. The molecule has 0 saturated carbocycles. The van der Waals surface area contributed by atoms with Gasteiger partial charge in [-0.15, -0.1) is 0 Å². The van der Waals surface area contributed by atoms with Crippen LogP contribution in [0.25, 0.3) is 23.0 Å². The maximum Gasteiger partial charge on any atom is 0.261 e. The van der Waals surface area contributed by atoms with Crippen LogP contribution in [0.3, 0.4) is 0 Å². The van der Waals surface area contributed by atoms with Crippen LogP contribution < -0.4 is 5.32 Å².